The van der Waals surface area contributed by atoms with Crippen molar-refractivity contribution in [3.05, 3.63) is 42.1 Å². The van der Waals surface area contributed by atoms with Gasteiger partial charge in [-0.1, -0.05) is 6.07 Å². The number of rotatable bonds is 2. The zero-order valence-corrected chi connectivity index (χ0v) is 16.3. The van der Waals surface area contributed by atoms with Crippen LogP contribution in [0.15, 0.2) is 36.5 Å². The van der Waals surface area contributed by atoms with Crippen LogP contribution in [-0.4, -0.2) is 42.3 Å². The van der Waals surface area contributed by atoms with E-state index in [0.717, 1.165) is 44.0 Å². The molecule has 3 aliphatic rings. The van der Waals surface area contributed by atoms with Gasteiger partial charge in [0.05, 0.1) is 6.61 Å². The predicted octanol–water partition coefficient (Wildman–Crippen LogP) is 3.06. The van der Waals surface area contributed by atoms with Crippen molar-refractivity contribution in [2.75, 3.05) is 31.8 Å². The number of anilines is 1. The number of benzene rings is 1. The minimum absolute atomic E-state index is 0.0453. The van der Waals surface area contributed by atoms with E-state index in [2.05, 4.69) is 27.3 Å². The van der Waals surface area contributed by atoms with Crippen LogP contribution in [0.3, 0.4) is 0 Å². The van der Waals surface area contributed by atoms with E-state index >= 15 is 0 Å². The highest BCUT2D eigenvalue weighted by Crippen LogP contribution is 2.35. The molecule has 0 spiro atoms. The number of hydrogen-bond acceptors (Lipinski definition) is 6. The molecule has 0 saturated carbocycles. The number of amides is 1. The number of carbonyl (C=O) groups excluding carboxylic acids is 1. The summed E-state index contributed by atoms with van der Waals surface area (Å²) in [4.78, 5) is 19.3. The quantitative estimate of drug-likeness (QED) is 0.843. The van der Waals surface area contributed by atoms with E-state index in [4.69, 9.17) is 14.2 Å². The summed E-state index contributed by atoms with van der Waals surface area (Å²) in [5, 5.41) is 2.97. The number of piperidine rings is 1. The Balaban J connectivity index is 1.26. The maximum absolute atomic E-state index is 12.6. The SMILES string of the molecule is O=C1C[C@@H]2CCN(Cc3ccc4c(c3)OCO4)C[C@@H]2CCOc2ncccc2N1. The first-order chi connectivity index (χ1) is 14.2. The van der Waals surface area contributed by atoms with Crippen LogP contribution < -0.4 is 19.5 Å². The summed E-state index contributed by atoms with van der Waals surface area (Å²) >= 11 is 0. The number of likely N-dealkylation sites (tertiary alicyclic amines) is 1. The van der Waals surface area contributed by atoms with E-state index < -0.39 is 0 Å². The third-order valence-electron chi connectivity index (χ3n) is 6.04. The second kappa shape index (κ2) is 7.91. The monoisotopic (exact) mass is 395 g/mol. The van der Waals surface area contributed by atoms with Gasteiger partial charge >= 0.3 is 0 Å². The molecule has 7 nitrogen and oxygen atoms in total. The van der Waals surface area contributed by atoms with E-state index in [1.165, 1.54) is 5.56 Å². The Labute approximate surface area is 170 Å². The summed E-state index contributed by atoms with van der Waals surface area (Å²) in [6, 6.07) is 9.81. The lowest BCUT2D eigenvalue weighted by atomic mass is 9.81. The van der Waals surface area contributed by atoms with Crippen LogP contribution in [0.1, 0.15) is 24.8 Å². The van der Waals surface area contributed by atoms with Crippen molar-refractivity contribution in [3.8, 4) is 17.4 Å². The first kappa shape index (κ1) is 18.2. The molecule has 2 aromatic rings. The first-order valence-electron chi connectivity index (χ1n) is 10.2. The van der Waals surface area contributed by atoms with E-state index in [9.17, 15) is 4.79 Å². The molecular formula is C22H25N3O4. The summed E-state index contributed by atoms with van der Waals surface area (Å²) in [5.74, 6) is 3.00. The Morgan fingerprint density at radius 3 is 3.00 bits per heavy atom. The molecule has 0 aliphatic carbocycles. The van der Waals surface area contributed by atoms with E-state index in [1.54, 1.807) is 6.20 Å². The van der Waals surface area contributed by atoms with Gasteiger partial charge in [-0.25, -0.2) is 4.98 Å². The van der Waals surface area contributed by atoms with Gasteiger partial charge in [0.25, 0.3) is 0 Å². The maximum Gasteiger partial charge on any atom is 0.237 e. The largest absolute Gasteiger partial charge is 0.476 e. The van der Waals surface area contributed by atoms with Gasteiger partial charge < -0.3 is 19.5 Å². The molecule has 4 heterocycles. The fourth-order valence-corrected chi connectivity index (χ4v) is 4.54. The average Bonchev–Trinajstić information content (AvgIpc) is 3.19. The minimum Gasteiger partial charge on any atom is -0.476 e. The molecule has 152 valence electrons. The summed E-state index contributed by atoms with van der Waals surface area (Å²) in [7, 11) is 0. The van der Waals surface area contributed by atoms with Crippen LogP contribution in [0.25, 0.3) is 0 Å². The van der Waals surface area contributed by atoms with E-state index in [-0.39, 0.29) is 5.91 Å². The normalized spacial score (nSPS) is 24.1. The highest BCUT2D eigenvalue weighted by Gasteiger charge is 2.32. The van der Waals surface area contributed by atoms with Crippen molar-refractivity contribution in [3.63, 3.8) is 0 Å². The van der Waals surface area contributed by atoms with Gasteiger partial charge in [0.2, 0.25) is 18.6 Å². The van der Waals surface area contributed by atoms with Crippen molar-refractivity contribution in [1.82, 2.24) is 9.88 Å². The van der Waals surface area contributed by atoms with Gasteiger partial charge in [-0.3, -0.25) is 9.69 Å². The Kier molecular flexibility index (Phi) is 4.97. The molecule has 1 aromatic heterocycles. The number of nitrogens with one attached hydrogen (secondary N) is 1. The Morgan fingerprint density at radius 2 is 2.03 bits per heavy atom. The van der Waals surface area contributed by atoms with Crippen molar-refractivity contribution >= 4 is 11.6 Å². The maximum atomic E-state index is 12.6. The first-order valence-corrected chi connectivity index (χ1v) is 10.2. The average molecular weight is 395 g/mol. The summed E-state index contributed by atoms with van der Waals surface area (Å²) < 4.78 is 16.8. The van der Waals surface area contributed by atoms with Crippen molar-refractivity contribution in [1.29, 1.82) is 0 Å². The Hall–Kier alpha value is -2.80. The molecule has 1 fully saturated rings. The lowest BCUT2D eigenvalue weighted by Gasteiger charge is -2.39. The van der Waals surface area contributed by atoms with Crippen LogP contribution >= 0.6 is 0 Å². The lowest BCUT2D eigenvalue weighted by Crippen LogP contribution is -2.42. The van der Waals surface area contributed by atoms with Crippen molar-refractivity contribution in [2.24, 2.45) is 11.8 Å². The Morgan fingerprint density at radius 1 is 1.10 bits per heavy atom. The van der Waals surface area contributed by atoms with Crippen molar-refractivity contribution < 1.29 is 19.0 Å². The number of carbonyl (C=O) groups is 1. The lowest BCUT2D eigenvalue weighted by molar-refractivity contribution is -0.118. The van der Waals surface area contributed by atoms with E-state index in [1.807, 2.05) is 18.2 Å². The topological polar surface area (TPSA) is 72.9 Å². The van der Waals surface area contributed by atoms with Crippen LogP contribution in [0.4, 0.5) is 5.69 Å². The number of nitrogens with zero attached hydrogens (tertiary/aromatic N) is 2. The molecule has 0 unspecified atom stereocenters. The molecule has 0 radical (unpaired) electrons. The molecule has 1 saturated heterocycles. The van der Waals surface area contributed by atoms with Gasteiger partial charge in [-0.15, -0.1) is 0 Å². The third kappa shape index (κ3) is 4.00. The molecule has 5 rings (SSSR count). The summed E-state index contributed by atoms with van der Waals surface area (Å²) in [6.07, 6.45) is 4.18. The van der Waals surface area contributed by atoms with Crippen LogP contribution in [-0.2, 0) is 11.3 Å². The van der Waals surface area contributed by atoms with Gasteiger partial charge in [0.15, 0.2) is 11.5 Å². The standard InChI is InChI=1S/C22H25N3O4/c26-21-11-16-5-8-25(12-15-3-4-19-20(10-15)29-14-28-19)13-17(16)6-9-27-22-18(24-21)2-1-7-23-22/h1-4,7,10,16-17H,5-6,8-9,11-14H2,(H,24,26)/t16-,17-/m0/s1. The predicted molar refractivity (Wildman–Crippen MR) is 107 cm³/mol. The zero-order chi connectivity index (χ0) is 19.6. The van der Waals surface area contributed by atoms with Gasteiger partial charge in [0, 0.05) is 25.7 Å². The molecule has 1 N–H and O–H groups in total. The molecule has 3 aliphatic heterocycles. The highest BCUT2D eigenvalue weighted by molar-refractivity contribution is 5.92. The smallest absolute Gasteiger partial charge is 0.237 e. The second-order valence-corrected chi connectivity index (χ2v) is 7.98. The minimum atomic E-state index is 0.0453. The molecular weight excluding hydrogens is 370 g/mol. The van der Waals surface area contributed by atoms with Gasteiger partial charge in [-0.2, -0.15) is 0 Å². The molecule has 1 aromatic carbocycles. The zero-order valence-electron chi connectivity index (χ0n) is 16.3. The molecule has 1 amide bonds. The third-order valence-corrected chi connectivity index (χ3v) is 6.04. The van der Waals surface area contributed by atoms with Crippen LogP contribution in [0.2, 0.25) is 0 Å². The van der Waals surface area contributed by atoms with Crippen LogP contribution in [0, 0.1) is 11.8 Å². The number of ether oxygens (including phenoxy) is 3. The fraction of sp³-hybridized carbons (Fsp3) is 0.455. The summed E-state index contributed by atoms with van der Waals surface area (Å²) in [5.41, 5.74) is 1.89. The van der Waals surface area contributed by atoms with Gasteiger partial charge in [0.1, 0.15) is 5.69 Å². The molecule has 2 atom stereocenters. The number of hydrogen-bond donors (Lipinski definition) is 1. The van der Waals surface area contributed by atoms with Crippen LogP contribution in [0.5, 0.6) is 17.4 Å². The molecule has 0 bridgehead atoms. The Bertz CT molecular complexity index is 903. The highest BCUT2D eigenvalue weighted by atomic mass is 16.7. The number of aromatic nitrogens is 1. The summed E-state index contributed by atoms with van der Waals surface area (Å²) in [6.45, 7) is 3.73. The number of pyridine rings is 1. The number of fused-ring (bicyclic) bond motifs is 3. The van der Waals surface area contributed by atoms with Gasteiger partial charge in [-0.05, 0) is 61.1 Å². The fourth-order valence-electron chi connectivity index (χ4n) is 4.54. The van der Waals surface area contributed by atoms with Crippen molar-refractivity contribution in [2.45, 2.75) is 25.8 Å². The second-order valence-electron chi connectivity index (χ2n) is 7.98. The van der Waals surface area contributed by atoms with E-state index in [0.29, 0.717) is 43.2 Å². The molecule has 7 heteroatoms. The molecule has 29 heavy (non-hydrogen) atoms.